The first-order valence-electron chi connectivity index (χ1n) is 2.88. The van der Waals surface area contributed by atoms with Crippen molar-refractivity contribution in [3.8, 4) is 0 Å². The standard InChI is InChI=1S/C5H12O2S/c1-5-3-2-4-8(5,6)7/h5-7H,2-4H2,1H3. The van der Waals surface area contributed by atoms with E-state index >= 15 is 0 Å². The predicted octanol–water partition coefficient (Wildman–Crippen LogP) is 1.92. The second-order valence-corrected chi connectivity index (χ2v) is 5.02. The number of rotatable bonds is 0. The molecule has 2 N–H and O–H groups in total. The van der Waals surface area contributed by atoms with Gasteiger partial charge in [0.2, 0.25) is 0 Å². The Kier molecular flexibility index (Phi) is 1.52. The molecule has 1 aliphatic heterocycles. The van der Waals surface area contributed by atoms with Crippen LogP contribution in [0.1, 0.15) is 19.8 Å². The monoisotopic (exact) mass is 136 g/mol. The van der Waals surface area contributed by atoms with Gasteiger partial charge >= 0.3 is 0 Å². The fourth-order valence-electron chi connectivity index (χ4n) is 0.973. The maximum Gasteiger partial charge on any atom is 0.0457 e. The molecule has 0 saturated carbocycles. The fourth-order valence-corrected chi connectivity index (χ4v) is 2.51. The molecular formula is C5H12O2S. The van der Waals surface area contributed by atoms with Crippen LogP contribution in [0.5, 0.6) is 0 Å². The lowest BCUT2D eigenvalue weighted by Crippen LogP contribution is -2.06. The molecule has 0 radical (unpaired) electrons. The van der Waals surface area contributed by atoms with Gasteiger partial charge in [0.05, 0.1) is 0 Å². The zero-order valence-electron chi connectivity index (χ0n) is 5.00. The number of hydrogen-bond donors (Lipinski definition) is 2. The first-order valence-corrected chi connectivity index (χ1v) is 4.65. The Morgan fingerprint density at radius 1 is 1.50 bits per heavy atom. The average molecular weight is 136 g/mol. The maximum absolute atomic E-state index is 9.10. The summed E-state index contributed by atoms with van der Waals surface area (Å²) in [5, 5.41) is 0.155. The maximum atomic E-state index is 9.10. The lowest BCUT2D eigenvalue weighted by molar-refractivity contribution is 0.484. The molecule has 0 aromatic rings. The lowest BCUT2D eigenvalue weighted by atomic mass is 10.3. The third-order valence-corrected chi connectivity index (χ3v) is 4.11. The van der Waals surface area contributed by atoms with Crippen LogP contribution in [0.3, 0.4) is 0 Å². The summed E-state index contributed by atoms with van der Waals surface area (Å²) >= 11 is 0. The third-order valence-electron chi connectivity index (χ3n) is 1.70. The van der Waals surface area contributed by atoms with Gasteiger partial charge in [-0.25, -0.2) is 0 Å². The summed E-state index contributed by atoms with van der Waals surface area (Å²) in [6.45, 7) is 1.91. The summed E-state index contributed by atoms with van der Waals surface area (Å²) in [6.07, 6.45) is 1.98. The lowest BCUT2D eigenvalue weighted by Gasteiger charge is -2.31. The van der Waals surface area contributed by atoms with Crippen molar-refractivity contribution < 1.29 is 9.11 Å². The Balaban J connectivity index is 2.54. The van der Waals surface area contributed by atoms with Crippen LogP contribution in [-0.2, 0) is 0 Å². The largest absolute Gasteiger partial charge is 0.299 e. The van der Waals surface area contributed by atoms with Crippen LogP contribution in [0.25, 0.3) is 0 Å². The normalized spacial score (nSPS) is 39.6. The predicted molar refractivity (Wildman–Crippen MR) is 36.4 cm³/mol. The SMILES string of the molecule is CC1CCCS1(O)O. The number of hydrogen-bond acceptors (Lipinski definition) is 2. The topological polar surface area (TPSA) is 40.5 Å². The van der Waals surface area contributed by atoms with Crippen molar-refractivity contribution >= 4 is 10.6 Å². The van der Waals surface area contributed by atoms with Gasteiger partial charge in [-0.15, -0.1) is 0 Å². The molecule has 50 valence electrons. The van der Waals surface area contributed by atoms with E-state index in [1.165, 1.54) is 0 Å². The molecule has 1 unspecified atom stereocenters. The molecule has 0 aromatic heterocycles. The summed E-state index contributed by atoms with van der Waals surface area (Å²) in [5.41, 5.74) is 0. The quantitative estimate of drug-likeness (QED) is 0.534. The van der Waals surface area contributed by atoms with E-state index in [1.54, 1.807) is 0 Å². The van der Waals surface area contributed by atoms with Gasteiger partial charge in [0.25, 0.3) is 0 Å². The van der Waals surface area contributed by atoms with Crippen LogP contribution in [-0.4, -0.2) is 20.1 Å². The molecular weight excluding hydrogens is 124 g/mol. The Hall–Kier alpha value is 0.270. The van der Waals surface area contributed by atoms with E-state index in [0.29, 0.717) is 5.75 Å². The van der Waals surface area contributed by atoms with Crippen molar-refractivity contribution in [3.63, 3.8) is 0 Å². The minimum atomic E-state index is -2.12. The van der Waals surface area contributed by atoms with Crippen LogP contribution < -0.4 is 0 Å². The van der Waals surface area contributed by atoms with Crippen molar-refractivity contribution in [2.75, 3.05) is 5.75 Å². The van der Waals surface area contributed by atoms with E-state index in [-0.39, 0.29) is 5.25 Å². The molecule has 3 heteroatoms. The molecule has 1 heterocycles. The van der Waals surface area contributed by atoms with Gasteiger partial charge in [-0.1, -0.05) is 0 Å². The molecule has 0 spiro atoms. The molecule has 1 aliphatic rings. The van der Waals surface area contributed by atoms with Gasteiger partial charge in [0.15, 0.2) is 0 Å². The third kappa shape index (κ3) is 0.989. The highest BCUT2D eigenvalue weighted by molar-refractivity contribution is 8.25. The van der Waals surface area contributed by atoms with E-state index in [0.717, 1.165) is 12.8 Å². The summed E-state index contributed by atoms with van der Waals surface area (Å²) in [4.78, 5) is 0. The Labute approximate surface area is 51.3 Å². The van der Waals surface area contributed by atoms with Gasteiger partial charge < -0.3 is 0 Å². The highest BCUT2D eigenvalue weighted by atomic mass is 32.3. The summed E-state index contributed by atoms with van der Waals surface area (Å²) < 4.78 is 18.2. The summed E-state index contributed by atoms with van der Waals surface area (Å²) in [6, 6.07) is 0. The van der Waals surface area contributed by atoms with E-state index in [2.05, 4.69) is 0 Å². The van der Waals surface area contributed by atoms with Crippen LogP contribution in [0.4, 0.5) is 0 Å². The average Bonchev–Trinajstić information content (AvgIpc) is 1.86. The molecule has 1 fully saturated rings. The first-order chi connectivity index (χ1) is 3.63. The zero-order chi connectivity index (χ0) is 6.20. The summed E-state index contributed by atoms with van der Waals surface area (Å²) in [5.74, 6) is 0.633. The van der Waals surface area contributed by atoms with Crippen molar-refractivity contribution in [2.24, 2.45) is 0 Å². The van der Waals surface area contributed by atoms with Gasteiger partial charge in [-0.05, 0) is 19.8 Å². The van der Waals surface area contributed by atoms with E-state index in [9.17, 15) is 0 Å². The highest BCUT2D eigenvalue weighted by Gasteiger charge is 2.26. The van der Waals surface area contributed by atoms with Crippen molar-refractivity contribution in [1.29, 1.82) is 0 Å². The molecule has 0 aliphatic carbocycles. The smallest absolute Gasteiger partial charge is 0.0457 e. The zero-order valence-corrected chi connectivity index (χ0v) is 5.82. The van der Waals surface area contributed by atoms with Crippen LogP contribution in [0.2, 0.25) is 0 Å². The molecule has 0 amide bonds. The highest BCUT2D eigenvalue weighted by Crippen LogP contribution is 2.51. The van der Waals surface area contributed by atoms with Gasteiger partial charge in [-0.3, -0.25) is 9.11 Å². The first kappa shape index (κ1) is 6.39. The van der Waals surface area contributed by atoms with Crippen molar-refractivity contribution in [1.82, 2.24) is 0 Å². The van der Waals surface area contributed by atoms with Gasteiger partial charge in [-0.2, -0.15) is 10.6 Å². The molecule has 2 nitrogen and oxygen atoms in total. The fraction of sp³-hybridized carbons (Fsp3) is 1.00. The molecule has 0 bridgehead atoms. The van der Waals surface area contributed by atoms with Crippen molar-refractivity contribution in [3.05, 3.63) is 0 Å². The van der Waals surface area contributed by atoms with Crippen LogP contribution in [0, 0.1) is 0 Å². The van der Waals surface area contributed by atoms with E-state index in [1.807, 2.05) is 6.92 Å². The Morgan fingerprint density at radius 3 is 2.25 bits per heavy atom. The molecule has 1 saturated heterocycles. The Morgan fingerprint density at radius 2 is 2.12 bits per heavy atom. The second-order valence-electron chi connectivity index (χ2n) is 2.37. The Bertz CT molecular complexity index is 92.4. The van der Waals surface area contributed by atoms with Gasteiger partial charge in [0, 0.05) is 11.0 Å². The molecule has 0 aromatic carbocycles. The van der Waals surface area contributed by atoms with Crippen molar-refractivity contribution in [2.45, 2.75) is 25.0 Å². The molecule has 8 heavy (non-hydrogen) atoms. The van der Waals surface area contributed by atoms with Crippen LogP contribution in [0.15, 0.2) is 0 Å². The minimum absolute atomic E-state index is 0.155. The van der Waals surface area contributed by atoms with Gasteiger partial charge in [0.1, 0.15) is 0 Å². The van der Waals surface area contributed by atoms with E-state index < -0.39 is 10.6 Å². The van der Waals surface area contributed by atoms with Crippen LogP contribution >= 0.6 is 10.6 Å². The summed E-state index contributed by atoms with van der Waals surface area (Å²) in [7, 11) is -2.12. The molecule has 1 atom stereocenters. The van der Waals surface area contributed by atoms with E-state index in [4.69, 9.17) is 9.11 Å². The minimum Gasteiger partial charge on any atom is -0.299 e. The molecule has 1 rings (SSSR count). The second kappa shape index (κ2) is 1.90.